The van der Waals surface area contributed by atoms with E-state index in [1.165, 1.54) is 0 Å². The highest BCUT2D eigenvalue weighted by molar-refractivity contribution is 5.78. The number of oxazole rings is 1. The average Bonchev–Trinajstić information content (AvgIpc) is 3.39. The largest absolute Gasteiger partial charge is 0.493 e. The van der Waals surface area contributed by atoms with Crippen molar-refractivity contribution in [1.82, 2.24) is 9.88 Å². The van der Waals surface area contributed by atoms with Gasteiger partial charge in [-0.05, 0) is 73.2 Å². The highest BCUT2D eigenvalue weighted by atomic mass is 16.6. The van der Waals surface area contributed by atoms with Crippen LogP contribution in [0.4, 0.5) is 4.79 Å². The molecular formula is C34H30N2O7. The fraction of sp³-hybridized carbons (Fsp3) is 0.147. The second-order valence-corrected chi connectivity index (χ2v) is 9.64. The molecule has 5 aromatic rings. The molecule has 43 heavy (non-hydrogen) atoms. The smallest absolute Gasteiger partial charge is 0.416 e. The minimum Gasteiger partial charge on any atom is -0.493 e. The molecule has 1 aromatic heterocycles. The molecule has 1 N–H and O–H groups in total. The van der Waals surface area contributed by atoms with Crippen LogP contribution in [0.25, 0.3) is 11.5 Å². The first-order valence-corrected chi connectivity index (χ1v) is 13.7. The van der Waals surface area contributed by atoms with Gasteiger partial charge in [0.15, 0.2) is 0 Å². The van der Waals surface area contributed by atoms with E-state index in [-0.39, 0.29) is 12.3 Å². The summed E-state index contributed by atoms with van der Waals surface area (Å²) in [6, 6.07) is 32.6. The Morgan fingerprint density at radius 2 is 1.47 bits per heavy atom. The average molecular weight is 579 g/mol. The molecule has 5 rings (SSSR count). The van der Waals surface area contributed by atoms with Crippen molar-refractivity contribution in [3.8, 4) is 34.5 Å². The van der Waals surface area contributed by atoms with Crippen molar-refractivity contribution in [2.75, 3.05) is 13.2 Å². The summed E-state index contributed by atoms with van der Waals surface area (Å²) in [4.78, 5) is 30.2. The van der Waals surface area contributed by atoms with Crippen molar-refractivity contribution < 1.29 is 33.3 Å². The number of aryl methyl sites for hydroxylation is 1. The van der Waals surface area contributed by atoms with Gasteiger partial charge in [-0.25, -0.2) is 9.78 Å². The second-order valence-electron chi connectivity index (χ2n) is 9.64. The number of hydrogen-bond donors (Lipinski definition) is 1. The van der Waals surface area contributed by atoms with Crippen LogP contribution in [0, 0.1) is 6.92 Å². The topological polar surface area (TPSA) is 111 Å². The number of benzene rings is 4. The lowest BCUT2D eigenvalue weighted by atomic mass is 10.2. The number of carbonyl (C=O) groups excluding carboxylic acids is 1. The van der Waals surface area contributed by atoms with Gasteiger partial charge < -0.3 is 23.7 Å². The third-order valence-electron chi connectivity index (χ3n) is 6.39. The number of amides is 1. The zero-order valence-electron chi connectivity index (χ0n) is 23.5. The van der Waals surface area contributed by atoms with Crippen molar-refractivity contribution in [3.05, 3.63) is 126 Å². The maximum atomic E-state index is 12.9. The highest BCUT2D eigenvalue weighted by Crippen LogP contribution is 2.25. The van der Waals surface area contributed by atoms with Crippen LogP contribution >= 0.6 is 0 Å². The van der Waals surface area contributed by atoms with Gasteiger partial charge >= 0.3 is 12.1 Å². The number of aliphatic carboxylic acids is 1. The summed E-state index contributed by atoms with van der Waals surface area (Å²) in [6.45, 7) is 1.71. The van der Waals surface area contributed by atoms with E-state index < -0.39 is 18.6 Å². The number of carbonyl (C=O) groups is 2. The first-order chi connectivity index (χ1) is 20.9. The second kappa shape index (κ2) is 13.9. The first-order valence-electron chi connectivity index (χ1n) is 13.7. The van der Waals surface area contributed by atoms with Crippen molar-refractivity contribution in [1.29, 1.82) is 0 Å². The van der Waals surface area contributed by atoms with Crippen LogP contribution in [-0.2, 0) is 17.8 Å². The number of nitrogens with zero attached hydrogens (tertiary/aromatic N) is 2. The maximum absolute atomic E-state index is 12.9. The SMILES string of the molecule is Cc1oc(-c2ccccc2)nc1CCOc1cccc(CN(CC(=O)O)C(=O)Oc2ccc(Oc3ccccc3)cc2)c1. The highest BCUT2D eigenvalue weighted by Gasteiger charge is 2.20. The van der Waals surface area contributed by atoms with Crippen LogP contribution in [0.15, 0.2) is 114 Å². The Hall–Kier alpha value is -5.57. The van der Waals surface area contributed by atoms with Gasteiger partial charge in [0.2, 0.25) is 5.89 Å². The first kappa shape index (κ1) is 28.9. The van der Waals surface area contributed by atoms with Crippen molar-refractivity contribution in [2.24, 2.45) is 0 Å². The van der Waals surface area contributed by atoms with E-state index in [9.17, 15) is 14.7 Å². The van der Waals surface area contributed by atoms with E-state index in [2.05, 4.69) is 4.98 Å². The molecule has 0 saturated carbocycles. The Balaban J connectivity index is 1.17. The van der Waals surface area contributed by atoms with Crippen LogP contribution in [0.2, 0.25) is 0 Å². The molecule has 0 saturated heterocycles. The fourth-order valence-electron chi connectivity index (χ4n) is 4.30. The van der Waals surface area contributed by atoms with Gasteiger partial charge in [-0.3, -0.25) is 9.69 Å². The molecule has 218 valence electrons. The quantitative estimate of drug-likeness (QED) is 0.166. The molecule has 1 amide bonds. The van der Waals surface area contributed by atoms with E-state index in [0.29, 0.717) is 41.7 Å². The molecule has 0 aliphatic rings. The van der Waals surface area contributed by atoms with Crippen LogP contribution in [0.5, 0.6) is 23.0 Å². The number of carboxylic acid groups (broad SMARTS) is 1. The normalized spacial score (nSPS) is 10.6. The Bertz CT molecular complexity index is 1650. The van der Waals surface area contributed by atoms with Gasteiger partial charge in [0.25, 0.3) is 0 Å². The Kier molecular flexibility index (Phi) is 9.33. The third-order valence-corrected chi connectivity index (χ3v) is 6.39. The van der Waals surface area contributed by atoms with Crippen molar-refractivity contribution in [3.63, 3.8) is 0 Å². The molecule has 0 aliphatic carbocycles. The van der Waals surface area contributed by atoms with Gasteiger partial charge in [-0.2, -0.15) is 0 Å². The summed E-state index contributed by atoms with van der Waals surface area (Å²) in [5.41, 5.74) is 2.40. The van der Waals surface area contributed by atoms with E-state index in [4.69, 9.17) is 18.6 Å². The number of carboxylic acids is 1. The number of para-hydroxylation sites is 1. The fourth-order valence-corrected chi connectivity index (χ4v) is 4.30. The lowest BCUT2D eigenvalue weighted by molar-refractivity contribution is -0.138. The van der Waals surface area contributed by atoms with Gasteiger partial charge in [0.1, 0.15) is 35.3 Å². The summed E-state index contributed by atoms with van der Waals surface area (Å²) in [7, 11) is 0. The Labute approximate surface area is 248 Å². The van der Waals surface area contributed by atoms with E-state index in [0.717, 1.165) is 21.9 Å². The zero-order chi connectivity index (χ0) is 30.0. The molecule has 0 bridgehead atoms. The molecule has 0 atom stereocenters. The van der Waals surface area contributed by atoms with Crippen molar-refractivity contribution in [2.45, 2.75) is 19.9 Å². The zero-order valence-corrected chi connectivity index (χ0v) is 23.5. The third kappa shape index (κ3) is 8.23. The van der Waals surface area contributed by atoms with Crippen LogP contribution < -0.4 is 14.2 Å². The summed E-state index contributed by atoms with van der Waals surface area (Å²) in [5.74, 6) is 2.23. The van der Waals surface area contributed by atoms with Crippen LogP contribution in [0.1, 0.15) is 17.0 Å². The Morgan fingerprint density at radius 3 is 2.19 bits per heavy atom. The maximum Gasteiger partial charge on any atom is 0.416 e. The lowest BCUT2D eigenvalue weighted by Gasteiger charge is -2.20. The lowest BCUT2D eigenvalue weighted by Crippen LogP contribution is -2.37. The molecule has 9 heteroatoms. The van der Waals surface area contributed by atoms with Gasteiger partial charge in [-0.15, -0.1) is 0 Å². The summed E-state index contributed by atoms with van der Waals surface area (Å²) in [6.07, 6.45) is -0.250. The Morgan fingerprint density at radius 1 is 0.814 bits per heavy atom. The minimum absolute atomic E-state index is 0.0143. The standard InChI is InChI=1S/C34H30N2O7/c1-24-31(35-33(41-24)26-10-4-2-5-11-26)19-20-40-30-14-8-9-25(21-30)22-36(23-32(37)38)34(39)43-29-17-15-28(16-18-29)42-27-12-6-3-7-13-27/h2-18,21H,19-20,22-23H2,1H3,(H,37,38). The monoisotopic (exact) mass is 578 g/mol. The minimum atomic E-state index is -1.16. The number of aromatic nitrogens is 1. The van der Waals surface area contributed by atoms with Crippen LogP contribution in [0.3, 0.4) is 0 Å². The molecule has 0 radical (unpaired) electrons. The van der Waals surface area contributed by atoms with E-state index >= 15 is 0 Å². The van der Waals surface area contributed by atoms with Gasteiger partial charge in [0, 0.05) is 18.5 Å². The van der Waals surface area contributed by atoms with Crippen molar-refractivity contribution >= 4 is 12.1 Å². The summed E-state index contributed by atoms with van der Waals surface area (Å²) in [5, 5.41) is 9.43. The van der Waals surface area contributed by atoms with Gasteiger partial charge in [0.05, 0.1) is 12.3 Å². The summed E-state index contributed by atoms with van der Waals surface area (Å²) < 4.78 is 23.0. The number of hydrogen-bond acceptors (Lipinski definition) is 7. The number of ether oxygens (including phenoxy) is 3. The molecule has 0 spiro atoms. The molecular weight excluding hydrogens is 548 g/mol. The van der Waals surface area contributed by atoms with E-state index in [1.807, 2.05) is 67.6 Å². The molecule has 4 aromatic carbocycles. The molecule has 9 nitrogen and oxygen atoms in total. The molecule has 0 fully saturated rings. The van der Waals surface area contributed by atoms with Gasteiger partial charge in [-0.1, -0.05) is 48.5 Å². The van der Waals surface area contributed by atoms with E-state index in [1.54, 1.807) is 48.5 Å². The van der Waals surface area contributed by atoms with Crippen LogP contribution in [-0.4, -0.2) is 40.2 Å². The molecule has 0 aliphatic heterocycles. The summed E-state index contributed by atoms with van der Waals surface area (Å²) >= 11 is 0. The predicted molar refractivity (Wildman–Crippen MR) is 159 cm³/mol. The molecule has 1 heterocycles. The predicted octanol–water partition coefficient (Wildman–Crippen LogP) is 7.15. The number of rotatable bonds is 12. The molecule has 0 unspecified atom stereocenters.